The quantitative estimate of drug-likeness (QED) is 0.810. The molecular formula is C19H26N4O2. The number of hydrogen-bond acceptors (Lipinski definition) is 4. The largest absolute Gasteiger partial charge is 0.496 e. The van der Waals surface area contributed by atoms with Crippen LogP contribution in [0.3, 0.4) is 0 Å². The van der Waals surface area contributed by atoms with E-state index in [2.05, 4.69) is 20.4 Å². The van der Waals surface area contributed by atoms with E-state index in [0.29, 0.717) is 12.2 Å². The zero-order valence-electron chi connectivity index (χ0n) is 14.8. The molecule has 6 nitrogen and oxygen atoms in total. The zero-order chi connectivity index (χ0) is 17.5. The van der Waals surface area contributed by atoms with Crippen molar-refractivity contribution in [2.45, 2.75) is 32.1 Å². The number of aromatic amines is 1. The van der Waals surface area contributed by atoms with E-state index in [0.717, 1.165) is 30.0 Å². The summed E-state index contributed by atoms with van der Waals surface area (Å²) in [4.78, 5) is 14.6. The molecule has 0 unspecified atom stereocenters. The van der Waals surface area contributed by atoms with Gasteiger partial charge in [0.1, 0.15) is 5.75 Å². The molecular weight excluding hydrogens is 316 g/mol. The molecule has 1 fully saturated rings. The van der Waals surface area contributed by atoms with Gasteiger partial charge in [0.05, 0.1) is 12.8 Å². The topological polar surface area (TPSA) is 70.2 Å². The van der Waals surface area contributed by atoms with Crippen molar-refractivity contribution in [2.24, 2.45) is 0 Å². The molecule has 0 bridgehead atoms. The molecule has 0 saturated carbocycles. The summed E-state index contributed by atoms with van der Waals surface area (Å²) in [5.41, 5.74) is 1.74. The third kappa shape index (κ3) is 4.82. The molecule has 1 saturated heterocycles. The van der Waals surface area contributed by atoms with Crippen LogP contribution in [0.15, 0.2) is 30.3 Å². The van der Waals surface area contributed by atoms with Gasteiger partial charge in [-0.15, -0.1) is 0 Å². The second-order valence-corrected chi connectivity index (χ2v) is 6.42. The number of rotatable bonds is 7. The summed E-state index contributed by atoms with van der Waals surface area (Å²) in [5.74, 6) is 1.32. The molecule has 1 aromatic heterocycles. The lowest BCUT2D eigenvalue weighted by atomic mass is 10.1. The average molecular weight is 342 g/mol. The molecule has 3 rings (SSSR count). The van der Waals surface area contributed by atoms with Crippen molar-refractivity contribution in [3.05, 3.63) is 30.3 Å². The minimum atomic E-state index is 0.00934. The third-order valence-electron chi connectivity index (χ3n) is 4.57. The fourth-order valence-corrected chi connectivity index (χ4v) is 3.24. The van der Waals surface area contributed by atoms with E-state index < -0.39 is 0 Å². The second kappa shape index (κ2) is 8.67. The lowest BCUT2D eigenvalue weighted by Crippen LogP contribution is -2.31. The summed E-state index contributed by atoms with van der Waals surface area (Å²) in [6, 6.07) is 9.55. The number of nitrogens with one attached hydrogen (secondary N) is 2. The van der Waals surface area contributed by atoms with E-state index >= 15 is 0 Å². The highest BCUT2D eigenvalue weighted by Gasteiger charge is 2.12. The van der Waals surface area contributed by atoms with Gasteiger partial charge >= 0.3 is 0 Å². The van der Waals surface area contributed by atoms with Crippen molar-refractivity contribution in [3.63, 3.8) is 0 Å². The number of piperidine rings is 1. The number of benzene rings is 1. The molecule has 2 N–H and O–H groups in total. The smallest absolute Gasteiger partial charge is 0.225 e. The van der Waals surface area contributed by atoms with Gasteiger partial charge in [-0.05, 0) is 51.0 Å². The monoisotopic (exact) mass is 342 g/mol. The van der Waals surface area contributed by atoms with Gasteiger partial charge in [0.15, 0.2) is 5.82 Å². The number of carbonyl (C=O) groups is 1. The number of methoxy groups -OCH3 is 1. The van der Waals surface area contributed by atoms with Crippen molar-refractivity contribution in [2.75, 3.05) is 32.1 Å². The fourth-order valence-electron chi connectivity index (χ4n) is 3.24. The van der Waals surface area contributed by atoms with E-state index in [1.165, 1.54) is 32.4 Å². The Hall–Kier alpha value is -2.34. The van der Waals surface area contributed by atoms with Crippen molar-refractivity contribution in [3.8, 4) is 17.0 Å². The summed E-state index contributed by atoms with van der Waals surface area (Å²) in [7, 11) is 1.64. The van der Waals surface area contributed by atoms with Crippen molar-refractivity contribution in [1.29, 1.82) is 0 Å². The maximum absolute atomic E-state index is 12.1. The van der Waals surface area contributed by atoms with Crippen molar-refractivity contribution >= 4 is 11.7 Å². The van der Waals surface area contributed by atoms with Crippen LogP contribution in [0.1, 0.15) is 32.1 Å². The first-order chi connectivity index (χ1) is 12.3. The summed E-state index contributed by atoms with van der Waals surface area (Å²) < 4.78 is 5.36. The van der Waals surface area contributed by atoms with Crippen LogP contribution in [0.25, 0.3) is 11.3 Å². The summed E-state index contributed by atoms with van der Waals surface area (Å²) in [6.45, 7) is 3.34. The number of carbonyl (C=O) groups excluding carboxylic acids is 1. The van der Waals surface area contributed by atoms with E-state index in [-0.39, 0.29) is 5.91 Å². The Morgan fingerprint density at radius 1 is 1.28 bits per heavy atom. The highest BCUT2D eigenvalue weighted by Crippen LogP contribution is 2.29. The summed E-state index contributed by atoms with van der Waals surface area (Å²) in [5, 5.41) is 10.0. The first-order valence-corrected chi connectivity index (χ1v) is 8.97. The lowest BCUT2D eigenvalue weighted by molar-refractivity contribution is -0.116. The maximum atomic E-state index is 12.1. The van der Waals surface area contributed by atoms with Crippen molar-refractivity contribution in [1.82, 2.24) is 15.1 Å². The number of anilines is 1. The zero-order valence-corrected chi connectivity index (χ0v) is 14.8. The van der Waals surface area contributed by atoms with Crippen LogP contribution < -0.4 is 10.1 Å². The first-order valence-electron chi connectivity index (χ1n) is 8.97. The Bertz CT molecular complexity index is 692. The van der Waals surface area contributed by atoms with E-state index in [1.807, 2.05) is 30.3 Å². The SMILES string of the molecule is COc1ccccc1-c1cc(NC(=O)CCCN2CCCCC2)n[nH]1. The summed E-state index contributed by atoms with van der Waals surface area (Å²) in [6.07, 6.45) is 5.31. The molecule has 2 aromatic rings. The number of aromatic nitrogens is 2. The van der Waals surface area contributed by atoms with Crippen LogP contribution in [0.2, 0.25) is 0 Å². The molecule has 1 aromatic carbocycles. The van der Waals surface area contributed by atoms with Gasteiger partial charge in [0.25, 0.3) is 0 Å². The maximum Gasteiger partial charge on any atom is 0.225 e. The highest BCUT2D eigenvalue weighted by atomic mass is 16.5. The van der Waals surface area contributed by atoms with Crippen LogP contribution in [0.4, 0.5) is 5.82 Å². The van der Waals surface area contributed by atoms with Crippen LogP contribution in [-0.2, 0) is 4.79 Å². The standard InChI is InChI=1S/C19H26N4O2/c1-25-17-9-4-3-8-15(17)16-14-18(22-21-16)20-19(24)10-7-13-23-11-5-2-6-12-23/h3-4,8-9,14H,2,5-7,10-13H2,1H3,(H2,20,21,22,24). The van der Waals surface area contributed by atoms with Gasteiger partial charge in [-0.3, -0.25) is 9.89 Å². The minimum absolute atomic E-state index is 0.00934. The van der Waals surface area contributed by atoms with Gasteiger partial charge < -0.3 is 15.0 Å². The first kappa shape index (κ1) is 17.5. The van der Waals surface area contributed by atoms with Gasteiger partial charge in [-0.2, -0.15) is 5.10 Å². The Kier molecular flexibility index (Phi) is 6.06. The molecule has 0 atom stereocenters. The van der Waals surface area contributed by atoms with Gasteiger partial charge in [0, 0.05) is 18.1 Å². The molecule has 134 valence electrons. The Labute approximate surface area is 148 Å². The summed E-state index contributed by atoms with van der Waals surface area (Å²) >= 11 is 0. The number of H-pyrrole nitrogens is 1. The average Bonchev–Trinajstić information content (AvgIpc) is 3.10. The fraction of sp³-hybridized carbons (Fsp3) is 0.474. The van der Waals surface area contributed by atoms with E-state index in [9.17, 15) is 4.79 Å². The number of para-hydroxylation sites is 1. The van der Waals surface area contributed by atoms with Crippen LogP contribution in [0.5, 0.6) is 5.75 Å². The lowest BCUT2D eigenvalue weighted by Gasteiger charge is -2.26. The Morgan fingerprint density at radius 3 is 2.88 bits per heavy atom. The number of nitrogens with zero attached hydrogens (tertiary/aromatic N) is 2. The molecule has 6 heteroatoms. The molecule has 1 aliphatic heterocycles. The third-order valence-corrected chi connectivity index (χ3v) is 4.57. The normalized spacial score (nSPS) is 15.1. The number of hydrogen-bond donors (Lipinski definition) is 2. The Balaban J connectivity index is 1.50. The molecule has 1 aliphatic rings. The molecule has 0 spiro atoms. The number of amides is 1. The molecule has 2 heterocycles. The number of likely N-dealkylation sites (tertiary alicyclic amines) is 1. The highest BCUT2D eigenvalue weighted by molar-refractivity contribution is 5.90. The van der Waals surface area contributed by atoms with E-state index in [4.69, 9.17) is 4.74 Å². The second-order valence-electron chi connectivity index (χ2n) is 6.42. The molecule has 0 radical (unpaired) electrons. The van der Waals surface area contributed by atoms with E-state index in [1.54, 1.807) is 7.11 Å². The predicted molar refractivity (Wildman–Crippen MR) is 98.7 cm³/mol. The minimum Gasteiger partial charge on any atom is -0.496 e. The molecule has 1 amide bonds. The molecule has 25 heavy (non-hydrogen) atoms. The number of ether oxygens (including phenoxy) is 1. The van der Waals surface area contributed by atoms with Crippen molar-refractivity contribution < 1.29 is 9.53 Å². The molecule has 0 aliphatic carbocycles. The van der Waals surface area contributed by atoms with Crippen LogP contribution in [0, 0.1) is 0 Å². The van der Waals surface area contributed by atoms with Crippen LogP contribution in [-0.4, -0.2) is 47.7 Å². The van der Waals surface area contributed by atoms with Gasteiger partial charge in [-0.25, -0.2) is 0 Å². The van der Waals surface area contributed by atoms with Gasteiger partial charge in [-0.1, -0.05) is 18.6 Å². The Morgan fingerprint density at radius 2 is 2.08 bits per heavy atom. The predicted octanol–water partition coefficient (Wildman–Crippen LogP) is 3.29. The van der Waals surface area contributed by atoms with Crippen LogP contribution >= 0.6 is 0 Å². The van der Waals surface area contributed by atoms with Gasteiger partial charge in [0.2, 0.25) is 5.91 Å².